The molecule has 0 aliphatic rings. The van der Waals surface area contributed by atoms with Crippen molar-refractivity contribution in [3.05, 3.63) is 23.9 Å². The molecule has 1 rings (SSSR count). The number of methoxy groups -OCH3 is 1. The molecule has 0 unspecified atom stereocenters. The second kappa shape index (κ2) is 6.01. The quantitative estimate of drug-likeness (QED) is 0.599. The Morgan fingerprint density at radius 3 is 2.86 bits per heavy atom. The van der Waals surface area contributed by atoms with Crippen LogP contribution in [-0.4, -0.2) is 29.6 Å². The lowest BCUT2D eigenvalue weighted by Crippen LogP contribution is -1.94. The molecule has 0 saturated heterocycles. The van der Waals surface area contributed by atoms with Gasteiger partial charge in [0.2, 0.25) is 0 Å². The number of hydrogen-bond acceptors (Lipinski definition) is 4. The van der Waals surface area contributed by atoms with Crippen LogP contribution in [0.15, 0.2) is 23.4 Å². The third-order valence-corrected chi connectivity index (χ3v) is 2.69. The first-order chi connectivity index (χ1) is 6.74. The number of pyridine rings is 1. The van der Waals surface area contributed by atoms with Crippen LogP contribution in [0, 0.1) is 0 Å². The maximum Gasteiger partial charge on any atom is 0.0960 e. The minimum atomic E-state index is -0.444. The summed E-state index contributed by atoms with van der Waals surface area (Å²) in [5.41, 5.74) is 0.848. The molecule has 1 N–H and O–H groups in total. The molecule has 1 aromatic rings. The van der Waals surface area contributed by atoms with E-state index < -0.39 is 6.10 Å². The van der Waals surface area contributed by atoms with E-state index in [0.717, 1.165) is 22.9 Å². The molecule has 0 saturated carbocycles. The van der Waals surface area contributed by atoms with E-state index in [1.807, 2.05) is 12.1 Å². The van der Waals surface area contributed by atoms with E-state index in [0.29, 0.717) is 0 Å². The topological polar surface area (TPSA) is 42.4 Å². The zero-order valence-corrected chi connectivity index (χ0v) is 9.25. The summed E-state index contributed by atoms with van der Waals surface area (Å²) in [6.07, 6.45) is 1.26. The summed E-state index contributed by atoms with van der Waals surface area (Å²) in [7, 11) is 1.69. The van der Waals surface area contributed by atoms with Crippen molar-refractivity contribution < 1.29 is 9.84 Å². The molecule has 4 heteroatoms. The molecule has 0 bridgehead atoms. The lowest BCUT2D eigenvalue weighted by atomic mass is 10.2. The molecule has 1 atom stereocenters. The molecule has 14 heavy (non-hydrogen) atoms. The second-order valence-corrected chi connectivity index (χ2v) is 4.06. The van der Waals surface area contributed by atoms with E-state index in [9.17, 15) is 5.11 Å². The zero-order valence-electron chi connectivity index (χ0n) is 8.43. The summed E-state index contributed by atoms with van der Waals surface area (Å²) < 4.78 is 4.94. The molecule has 0 radical (unpaired) electrons. The fraction of sp³-hybridized carbons (Fsp3) is 0.500. The number of aromatic nitrogens is 1. The molecular formula is C10H15NO2S. The smallest absolute Gasteiger partial charge is 0.0960 e. The van der Waals surface area contributed by atoms with Gasteiger partial charge in [0.15, 0.2) is 0 Å². The number of nitrogens with zero attached hydrogens (tertiary/aromatic N) is 1. The Bertz CT molecular complexity index is 261. The summed E-state index contributed by atoms with van der Waals surface area (Å²) in [6, 6.07) is 3.81. The third kappa shape index (κ3) is 3.65. The van der Waals surface area contributed by atoms with E-state index >= 15 is 0 Å². The van der Waals surface area contributed by atoms with Crippen LogP contribution >= 0.6 is 11.8 Å². The van der Waals surface area contributed by atoms with Crippen LogP contribution in [0.2, 0.25) is 0 Å². The Hall–Kier alpha value is -0.580. The molecular weight excluding hydrogens is 198 g/mol. The van der Waals surface area contributed by atoms with Crippen molar-refractivity contribution >= 4 is 11.8 Å². The third-order valence-electron chi connectivity index (χ3n) is 1.78. The fourth-order valence-corrected chi connectivity index (χ4v) is 1.70. The van der Waals surface area contributed by atoms with E-state index in [1.165, 1.54) is 0 Å². The average molecular weight is 213 g/mol. The van der Waals surface area contributed by atoms with Gasteiger partial charge in [0.1, 0.15) is 0 Å². The fourth-order valence-electron chi connectivity index (χ4n) is 0.954. The number of rotatable bonds is 5. The lowest BCUT2D eigenvalue weighted by Gasteiger charge is -2.04. The van der Waals surface area contributed by atoms with Crippen LogP contribution in [0.1, 0.15) is 18.6 Å². The van der Waals surface area contributed by atoms with Crippen LogP contribution in [0.3, 0.4) is 0 Å². The molecule has 78 valence electrons. The molecule has 1 aromatic heterocycles. The average Bonchev–Trinajstić information content (AvgIpc) is 2.19. The Kier molecular flexibility index (Phi) is 4.93. The van der Waals surface area contributed by atoms with Gasteiger partial charge < -0.3 is 9.84 Å². The Morgan fingerprint density at radius 1 is 1.57 bits per heavy atom. The van der Waals surface area contributed by atoms with Crippen LogP contribution in [0.5, 0.6) is 0 Å². The Morgan fingerprint density at radius 2 is 2.36 bits per heavy atom. The maximum atomic E-state index is 9.26. The zero-order chi connectivity index (χ0) is 10.4. The van der Waals surface area contributed by atoms with Gasteiger partial charge in [-0.3, -0.25) is 0 Å². The predicted molar refractivity (Wildman–Crippen MR) is 57.5 cm³/mol. The van der Waals surface area contributed by atoms with Gasteiger partial charge in [0, 0.05) is 19.1 Å². The van der Waals surface area contributed by atoms with Gasteiger partial charge in [-0.05, 0) is 18.6 Å². The van der Waals surface area contributed by atoms with Crippen molar-refractivity contribution in [2.75, 3.05) is 19.5 Å². The number of aliphatic hydroxyl groups is 1. The second-order valence-electron chi connectivity index (χ2n) is 2.95. The van der Waals surface area contributed by atoms with Gasteiger partial charge in [-0.25, -0.2) is 4.98 Å². The van der Waals surface area contributed by atoms with Crippen LogP contribution in [0.25, 0.3) is 0 Å². The molecule has 0 fully saturated rings. The van der Waals surface area contributed by atoms with Crippen molar-refractivity contribution in [2.45, 2.75) is 18.1 Å². The first kappa shape index (κ1) is 11.5. The standard InChI is InChI=1S/C10H15NO2S/c1-8(12)9-3-4-10(11-7-9)14-6-5-13-2/h3-4,7-8,12H,5-6H2,1-2H3/t8-/m1/s1. The summed E-state index contributed by atoms with van der Waals surface area (Å²) in [5, 5.41) is 10.2. The molecule has 0 aromatic carbocycles. The van der Waals surface area contributed by atoms with E-state index in [2.05, 4.69) is 4.98 Å². The van der Waals surface area contributed by atoms with Gasteiger partial charge >= 0.3 is 0 Å². The molecule has 3 nitrogen and oxygen atoms in total. The highest BCUT2D eigenvalue weighted by molar-refractivity contribution is 7.99. The van der Waals surface area contributed by atoms with Crippen molar-refractivity contribution in [1.29, 1.82) is 0 Å². The largest absolute Gasteiger partial charge is 0.389 e. The minimum Gasteiger partial charge on any atom is -0.389 e. The highest BCUT2D eigenvalue weighted by atomic mass is 32.2. The Balaban J connectivity index is 2.47. The maximum absolute atomic E-state index is 9.26. The van der Waals surface area contributed by atoms with Gasteiger partial charge in [-0.15, -0.1) is 11.8 Å². The molecule has 1 heterocycles. The lowest BCUT2D eigenvalue weighted by molar-refractivity contribution is 0.198. The van der Waals surface area contributed by atoms with Crippen molar-refractivity contribution in [3.63, 3.8) is 0 Å². The number of aliphatic hydroxyl groups excluding tert-OH is 1. The van der Waals surface area contributed by atoms with Crippen molar-refractivity contribution in [3.8, 4) is 0 Å². The highest BCUT2D eigenvalue weighted by Gasteiger charge is 2.01. The van der Waals surface area contributed by atoms with E-state index in [4.69, 9.17) is 4.74 Å². The molecule has 0 aliphatic carbocycles. The van der Waals surface area contributed by atoms with Gasteiger partial charge in [-0.1, -0.05) is 6.07 Å². The van der Waals surface area contributed by atoms with Gasteiger partial charge in [0.05, 0.1) is 17.7 Å². The SMILES string of the molecule is COCCSc1ccc([C@@H](C)O)cn1. The molecule has 0 aliphatic heterocycles. The summed E-state index contributed by atoms with van der Waals surface area (Å²) in [4.78, 5) is 4.22. The molecule has 0 spiro atoms. The van der Waals surface area contributed by atoms with E-state index in [-0.39, 0.29) is 0 Å². The normalized spacial score (nSPS) is 12.8. The number of hydrogen-bond donors (Lipinski definition) is 1. The number of ether oxygens (including phenoxy) is 1. The van der Waals surface area contributed by atoms with E-state index in [1.54, 1.807) is 32.0 Å². The summed E-state index contributed by atoms with van der Waals surface area (Å²) in [6.45, 7) is 2.46. The van der Waals surface area contributed by atoms with Crippen LogP contribution < -0.4 is 0 Å². The van der Waals surface area contributed by atoms with Crippen molar-refractivity contribution in [1.82, 2.24) is 4.98 Å². The highest BCUT2D eigenvalue weighted by Crippen LogP contribution is 2.17. The number of thioether (sulfide) groups is 1. The predicted octanol–water partition coefficient (Wildman–Crippen LogP) is 1.87. The monoisotopic (exact) mass is 213 g/mol. The van der Waals surface area contributed by atoms with Crippen LogP contribution in [-0.2, 0) is 4.74 Å². The molecule has 0 amide bonds. The van der Waals surface area contributed by atoms with Crippen molar-refractivity contribution in [2.24, 2.45) is 0 Å². The van der Waals surface area contributed by atoms with Crippen LogP contribution in [0.4, 0.5) is 0 Å². The first-order valence-electron chi connectivity index (χ1n) is 4.50. The summed E-state index contributed by atoms with van der Waals surface area (Å²) >= 11 is 1.65. The first-order valence-corrected chi connectivity index (χ1v) is 5.48. The van der Waals surface area contributed by atoms with Gasteiger partial charge in [0.25, 0.3) is 0 Å². The summed E-state index contributed by atoms with van der Waals surface area (Å²) in [5.74, 6) is 0.900. The van der Waals surface area contributed by atoms with Gasteiger partial charge in [-0.2, -0.15) is 0 Å². The minimum absolute atomic E-state index is 0.444. The Labute approximate surface area is 88.5 Å².